The summed E-state index contributed by atoms with van der Waals surface area (Å²) in [6, 6.07) is 11.2. The molecule has 1 fully saturated rings. The molecule has 0 saturated heterocycles. The van der Waals surface area contributed by atoms with Crippen molar-refractivity contribution >= 4 is 11.6 Å². The molecule has 2 aromatic carbocycles. The summed E-state index contributed by atoms with van der Waals surface area (Å²) >= 11 is 0. The Morgan fingerprint density at radius 2 is 1.68 bits per heavy atom. The van der Waals surface area contributed by atoms with E-state index >= 15 is 0 Å². The summed E-state index contributed by atoms with van der Waals surface area (Å²) in [5.41, 5.74) is 1.91. The summed E-state index contributed by atoms with van der Waals surface area (Å²) in [7, 11) is 0. The van der Waals surface area contributed by atoms with E-state index < -0.39 is 29.3 Å². The highest BCUT2D eigenvalue weighted by molar-refractivity contribution is 5.94. The van der Waals surface area contributed by atoms with Gasteiger partial charge in [-0.25, -0.2) is 8.78 Å². The summed E-state index contributed by atoms with van der Waals surface area (Å²) in [5, 5.41) is 5.67. The van der Waals surface area contributed by atoms with Crippen molar-refractivity contribution in [2.24, 2.45) is 5.92 Å². The zero-order chi connectivity index (χ0) is 18.0. The predicted octanol–water partition coefficient (Wildman–Crippen LogP) is 4.34. The van der Waals surface area contributed by atoms with Crippen molar-refractivity contribution in [3.05, 3.63) is 65.2 Å². The van der Waals surface area contributed by atoms with Gasteiger partial charge in [0.25, 0.3) is 0 Å². The Hall–Kier alpha value is -2.27. The molecule has 0 unspecified atom stereocenters. The third kappa shape index (κ3) is 4.23. The number of carbonyl (C=O) groups is 1. The molecule has 1 amide bonds. The molecule has 5 heteroatoms. The molecule has 0 aliphatic heterocycles. The van der Waals surface area contributed by atoms with Crippen LogP contribution in [0.4, 0.5) is 14.5 Å². The van der Waals surface area contributed by atoms with Gasteiger partial charge in [0.1, 0.15) is 17.3 Å². The Morgan fingerprint density at radius 3 is 2.24 bits per heavy atom. The van der Waals surface area contributed by atoms with Gasteiger partial charge in [0, 0.05) is 6.04 Å². The van der Waals surface area contributed by atoms with E-state index in [0.717, 1.165) is 30.5 Å². The van der Waals surface area contributed by atoms with Crippen molar-refractivity contribution in [3.63, 3.8) is 0 Å². The highest BCUT2D eigenvalue weighted by Gasteiger charge is 2.34. The molecule has 0 radical (unpaired) electrons. The quantitative estimate of drug-likeness (QED) is 0.818. The first-order chi connectivity index (χ1) is 12.0. The number of carbonyl (C=O) groups excluding carboxylic acids is 1. The van der Waals surface area contributed by atoms with Crippen LogP contribution in [0.5, 0.6) is 0 Å². The average molecular weight is 344 g/mol. The van der Waals surface area contributed by atoms with E-state index in [1.54, 1.807) is 6.92 Å². The maximum Gasteiger partial charge on any atom is 0.241 e. The van der Waals surface area contributed by atoms with Crippen molar-refractivity contribution in [1.29, 1.82) is 0 Å². The van der Waals surface area contributed by atoms with E-state index in [-0.39, 0.29) is 6.04 Å². The fourth-order valence-corrected chi connectivity index (χ4v) is 2.90. The number of benzene rings is 2. The van der Waals surface area contributed by atoms with Gasteiger partial charge in [0.15, 0.2) is 0 Å². The SMILES string of the molecule is Cc1ccc([C@@H](N[C@H](C)C(=O)Nc2c(F)cccc2F)C2CC2)cc1. The van der Waals surface area contributed by atoms with Crippen LogP contribution in [0.1, 0.15) is 36.9 Å². The summed E-state index contributed by atoms with van der Waals surface area (Å²) in [4.78, 5) is 12.4. The van der Waals surface area contributed by atoms with Gasteiger partial charge in [-0.1, -0.05) is 35.9 Å². The number of rotatable bonds is 6. The highest BCUT2D eigenvalue weighted by Crippen LogP contribution is 2.41. The molecule has 1 aliphatic rings. The third-order valence-electron chi connectivity index (χ3n) is 4.56. The number of nitrogens with one attached hydrogen (secondary N) is 2. The summed E-state index contributed by atoms with van der Waals surface area (Å²) in [6.45, 7) is 3.74. The summed E-state index contributed by atoms with van der Waals surface area (Å²) < 4.78 is 27.4. The Balaban J connectivity index is 1.70. The standard InChI is InChI=1S/C20H22F2N2O/c1-12-6-8-14(9-7-12)18(15-10-11-15)23-13(2)20(25)24-19-16(21)4-3-5-17(19)22/h3-9,13,15,18,23H,10-11H2,1-2H3,(H,24,25)/t13-,18-/m1/s1. The lowest BCUT2D eigenvalue weighted by Gasteiger charge is -2.23. The molecule has 1 saturated carbocycles. The minimum Gasteiger partial charge on any atom is -0.320 e. The summed E-state index contributed by atoms with van der Waals surface area (Å²) in [5.74, 6) is -1.53. The van der Waals surface area contributed by atoms with Crippen molar-refractivity contribution in [3.8, 4) is 0 Å². The minimum absolute atomic E-state index is 0.0619. The average Bonchev–Trinajstić information content (AvgIpc) is 3.41. The van der Waals surface area contributed by atoms with Crippen LogP contribution in [0.2, 0.25) is 0 Å². The second-order valence-corrected chi connectivity index (χ2v) is 6.70. The first-order valence-electron chi connectivity index (χ1n) is 8.53. The Kier molecular flexibility index (Phi) is 5.13. The largest absolute Gasteiger partial charge is 0.320 e. The smallest absolute Gasteiger partial charge is 0.241 e. The van der Waals surface area contributed by atoms with E-state index in [0.29, 0.717) is 5.92 Å². The van der Waals surface area contributed by atoms with Crippen LogP contribution < -0.4 is 10.6 Å². The molecular weight excluding hydrogens is 322 g/mol. The van der Waals surface area contributed by atoms with Gasteiger partial charge in [-0.15, -0.1) is 0 Å². The van der Waals surface area contributed by atoms with E-state index in [1.807, 2.05) is 19.1 Å². The van der Waals surface area contributed by atoms with E-state index in [1.165, 1.54) is 11.6 Å². The van der Waals surface area contributed by atoms with Crippen molar-refractivity contribution in [2.45, 2.75) is 38.8 Å². The van der Waals surface area contributed by atoms with Crippen LogP contribution >= 0.6 is 0 Å². The van der Waals surface area contributed by atoms with Gasteiger partial charge >= 0.3 is 0 Å². The molecule has 3 nitrogen and oxygen atoms in total. The molecular formula is C20H22F2N2O. The Labute approximate surface area is 146 Å². The van der Waals surface area contributed by atoms with Crippen molar-refractivity contribution < 1.29 is 13.6 Å². The van der Waals surface area contributed by atoms with Gasteiger partial charge < -0.3 is 5.32 Å². The van der Waals surface area contributed by atoms with Crippen LogP contribution in [0.15, 0.2) is 42.5 Å². The van der Waals surface area contributed by atoms with E-state index in [2.05, 4.69) is 22.8 Å². The van der Waals surface area contributed by atoms with Gasteiger partial charge in [0.2, 0.25) is 5.91 Å². The number of hydrogen-bond acceptors (Lipinski definition) is 2. The van der Waals surface area contributed by atoms with Crippen LogP contribution in [-0.4, -0.2) is 11.9 Å². The topological polar surface area (TPSA) is 41.1 Å². The fourth-order valence-electron chi connectivity index (χ4n) is 2.90. The molecule has 2 atom stereocenters. The normalized spacial score (nSPS) is 16.3. The number of aryl methyl sites for hydroxylation is 1. The Morgan fingerprint density at radius 1 is 1.08 bits per heavy atom. The Bertz CT molecular complexity index is 737. The van der Waals surface area contributed by atoms with Crippen molar-refractivity contribution in [1.82, 2.24) is 5.32 Å². The zero-order valence-corrected chi connectivity index (χ0v) is 14.4. The molecule has 0 heterocycles. The number of amides is 1. The lowest BCUT2D eigenvalue weighted by Crippen LogP contribution is -2.41. The van der Waals surface area contributed by atoms with Crippen LogP contribution in [-0.2, 0) is 4.79 Å². The first-order valence-corrected chi connectivity index (χ1v) is 8.53. The number of para-hydroxylation sites is 1. The van der Waals surface area contributed by atoms with Gasteiger partial charge in [-0.2, -0.15) is 0 Å². The molecule has 1 aliphatic carbocycles. The number of anilines is 1. The highest BCUT2D eigenvalue weighted by atomic mass is 19.1. The fraction of sp³-hybridized carbons (Fsp3) is 0.350. The van der Waals surface area contributed by atoms with E-state index in [4.69, 9.17) is 0 Å². The number of halogens is 2. The van der Waals surface area contributed by atoms with Gasteiger partial charge in [0.05, 0.1) is 6.04 Å². The molecule has 0 bridgehead atoms. The second kappa shape index (κ2) is 7.31. The summed E-state index contributed by atoms with van der Waals surface area (Å²) in [6.07, 6.45) is 2.23. The molecule has 2 aromatic rings. The molecule has 3 rings (SSSR count). The minimum atomic E-state index is -0.780. The van der Waals surface area contributed by atoms with Crippen LogP contribution in [0.25, 0.3) is 0 Å². The second-order valence-electron chi connectivity index (χ2n) is 6.70. The monoisotopic (exact) mass is 344 g/mol. The predicted molar refractivity (Wildman–Crippen MR) is 94.2 cm³/mol. The first kappa shape index (κ1) is 17.5. The molecule has 0 aromatic heterocycles. The van der Waals surface area contributed by atoms with Gasteiger partial charge in [-0.3, -0.25) is 10.1 Å². The van der Waals surface area contributed by atoms with Crippen LogP contribution in [0.3, 0.4) is 0 Å². The maximum atomic E-state index is 13.7. The van der Waals surface area contributed by atoms with Crippen LogP contribution in [0, 0.1) is 24.5 Å². The lowest BCUT2D eigenvalue weighted by molar-refractivity contribution is -0.118. The van der Waals surface area contributed by atoms with E-state index in [9.17, 15) is 13.6 Å². The molecule has 132 valence electrons. The van der Waals surface area contributed by atoms with Crippen molar-refractivity contribution in [2.75, 3.05) is 5.32 Å². The molecule has 2 N–H and O–H groups in total. The van der Waals surface area contributed by atoms with Gasteiger partial charge in [-0.05, 0) is 50.3 Å². The molecule has 0 spiro atoms. The third-order valence-corrected chi connectivity index (χ3v) is 4.56. The number of hydrogen-bond donors (Lipinski definition) is 2. The lowest BCUT2D eigenvalue weighted by atomic mass is 10.00. The zero-order valence-electron chi connectivity index (χ0n) is 14.4. The molecule has 25 heavy (non-hydrogen) atoms. The maximum absolute atomic E-state index is 13.7.